The molecule has 1 saturated carbocycles. The minimum atomic E-state index is 0.603. The standard InChI is InChI=1S/C25H34N4OS/c1-20-4-3-7-25(20)8-10-29(11-9-25)23-17-27-24(18-26-23)31-22-6-2-5-21(16-22)19-28-12-14-30-15-13-28/h2,5-6,16-18,20H,3-4,7-15,19H2,1H3/t20-/m1/s1. The minimum Gasteiger partial charge on any atom is -0.379 e. The lowest BCUT2D eigenvalue weighted by Crippen LogP contribution is -2.41. The van der Waals surface area contributed by atoms with E-state index in [9.17, 15) is 0 Å². The molecule has 166 valence electrons. The summed E-state index contributed by atoms with van der Waals surface area (Å²) in [5.74, 6) is 1.92. The molecule has 0 unspecified atom stereocenters. The van der Waals surface area contributed by atoms with Crippen molar-refractivity contribution in [1.29, 1.82) is 0 Å². The fourth-order valence-electron chi connectivity index (χ4n) is 5.61. The maximum absolute atomic E-state index is 5.46. The summed E-state index contributed by atoms with van der Waals surface area (Å²) in [6.07, 6.45) is 10.8. The van der Waals surface area contributed by atoms with E-state index < -0.39 is 0 Å². The van der Waals surface area contributed by atoms with Gasteiger partial charge in [-0.3, -0.25) is 4.90 Å². The highest BCUT2D eigenvalue weighted by Gasteiger charge is 2.42. The lowest BCUT2D eigenvalue weighted by atomic mass is 9.71. The molecule has 3 fully saturated rings. The first-order valence-corrected chi connectivity index (χ1v) is 12.7. The Bertz CT molecular complexity index is 860. The number of rotatable bonds is 5. The highest BCUT2D eigenvalue weighted by Crippen LogP contribution is 2.50. The van der Waals surface area contributed by atoms with Gasteiger partial charge >= 0.3 is 0 Å². The van der Waals surface area contributed by atoms with Gasteiger partial charge in [0.2, 0.25) is 0 Å². The fourth-order valence-corrected chi connectivity index (χ4v) is 6.42. The van der Waals surface area contributed by atoms with Gasteiger partial charge in [0.05, 0.1) is 25.6 Å². The van der Waals surface area contributed by atoms with E-state index in [1.165, 1.54) is 42.6 Å². The van der Waals surface area contributed by atoms with Gasteiger partial charge in [0, 0.05) is 37.6 Å². The molecule has 1 spiro atoms. The Balaban J connectivity index is 1.18. The van der Waals surface area contributed by atoms with E-state index >= 15 is 0 Å². The molecule has 1 aliphatic carbocycles. The normalized spacial score (nSPS) is 24.0. The molecule has 2 aromatic rings. The molecule has 3 heterocycles. The van der Waals surface area contributed by atoms with E-state index in [-0.39, 0.29) is 0 Å². The van der Waals surface area contributed by atoms with E-state index in [4.69, 9.17) is 14.7 Å². The van der Waals surface area contributed by atoms with Gasteiger partial charge in [-0.2, -0.15) is 0 Å². The van der Waals surface area contributed by atoms with Crippen LogP contribution in [0.3, 0.4) is 0 Å². The van der Waals surface area contributed by atoms with E-state index in [0.717, 1.165) is 62.7 Å². The van der Waals surface area contributed by atoms with Gasteiger partial charge in [0.25, 0.3) is 0 Å². The van der Waals surface area contributed by atoms with Crippen molar-refractivity contribution in [2.45, 2.75) is 55.5 Å². The number of ether oxygens (including phenoxy) is 1. The van der Waals surface area contributed by atoms with Gasteiger partial charge in [-0.25, -0.2) is 9.97 Å². The Labute approximate surface area is 190 Å². The molecule has 0 N–H and O–H groups in total. The maximum Gasteiger partial charge on any atom is 0.147 e. The van der Waals surface area contributed by atoms with Crippen LogP contribution in [0.4, 0.5) is 5.82 Å². The summed E-state index contributed by atoms with van der Waals surface area (Å²) in [4.78, 5) is 15.6. The number of anilines is 1. The van der Waals surface area contributed by atoms with Crippen molar-refractivity contribution in [2.75, 3.05) is 44.3 Å². The number of hydrogen-bond acceptors (Lipinski definition) is 6. The highest BCUT2D eigenvalue weighted by atomic mass is 32.2. The van der Waals surface area contributed by atoms with Gasteiger partial charge < -0.3 is 9.64 Å². The lowest BCUT2D eigenvalue weighted by molar-refractivity contribution is 0.0341. The molecule has 6 heteroatoms. The Morgan fingerprint density at radius 2 is 1.90 bits per heavy atom. The molecule has 1 atom stereocenters. The summed E-state index contributed by atoms with van der Waals surface area (Å²) in [7, 11) is 0. The molecule has 2 saturated heterocycles. The zero-order chi connectivity index (χ0) is 21.1. The Morgan fingerprint density at radius 3 is 2.61 bits per heavy atom. The number of nitrogens with zero attached hydrogens (tertiary/aromatic N) is 4. The van der Waals surface area contributed by atoms with E-state index in [1.807, 2.05) is 12.4 Å². The summed E-state index contributed by atoms with van der Waals surface area (Å²) >= 11 is 1.70. The molecule has 2 aliphatic heterocycles. The Morgan fingerprint density at radius 1 is 1.06 bits per heavy atom. The largest absolute Gasteiger partial charge is 0.379 e. The first kappa shape index (κ1) is 21.2. The number of hydrogen-bond donors (Lipinski definition) is 0. The van der Waals surface area contributed by atoms with Crippen molar-refractivity contribution in [3.63, 3.8) is 0 Å². The SMILES string of the molecule is C[C@@H]1CCCC12CCN(c1cnc(Sc3cccc(CN4CCOCC4)c3)cn1)CC2. The minimum absolute atomic E-state index is 0.603. The van der Waals surface area contributed by atoms with Crippen molar-refractivity contribution < 1.29 is 4.74 Å². The second-order valence-electron chi connectivity index (χ2n) is 9.49. The molecule has 0 amide bonds. The van der Waals surface area contributed by atoms with Gasteiger partial charge in [0.1, 0.15) is 10.8 Å². The Hall–Kier alpha value is -1.63. The predicted molar refractivity (Wildman–Crippen MR) is 126 cm³/mol. The molecule has 1 aromatic heterocycles. The molecular weight excluding hydrogens is 404 g/mol. The third kappa shape index (κ3) is 4.91. The zero-order valence-electron chi connectivity index (χ0n) is 18.6. The van der Waals surface area contributed by atoms with Crippen molar-refractivity contribution in [3.8, 4) is 0 Å². The predicted octanol–water partition coefficient (Wildman–Crippen LogP) is 4.87. The van der Waals surface area contributed by atoms with Crippen LogP contribution < -0.4 is 4.90 Å². The first-order valence-electron chi connectivity index (χ1n) is 11.8. The summed E-state index contributed by atoms with van der Waals surface area (Å²) in [5, 5.41) is 0.963. The van der Waals surface area contributed by atoms with Crippen molar-refractivity contribution in [1.82, 2.24) is 14.9 Å². The second kappa shape index (κ2) is 9.47. The van der Waals surface area contributed by atoms with E-state index in [0.29, 0.717) is 5.41 Å². The van der Waals surface area contributed by atoms with Crippen molar-refractivity contribution in [2.24, 2.45) is 11.3 Å². The zero-order valence-corrected chi connectivity index (χ0v) is 19.4. The average Bonchev–Trinajstić information content (AvgIpc) is 3.15. The molecule has 5 rings (SSSR count). The van der Waals surface area contributed by atoms with Gasteiger partial charge in [-0.15, -0.1) is 0 Å². The molecular formula is C25H34N4OS. The first-order chi connectivity index (χ1) is 15.2. The summed E-state index contributed by atoms with van der Waals surface area (Å²) in [6.45, 7) is 9.40. The number of benzene rings is 1. The van der Waals surface area contributed by atoms with Crippen LogP contribution in [0.5, 0.6) is 0 Å². The van der Waals surface area contributed by atoms with Crippen LogP contribution in [-0.4, -0.2) is 54.3 Å². The number of piperidine rings is 1. The second-order valence-corrected chi connectivity index (χ2v) is 10.6. The van der Waals surface area contributed by atoms with Crippen molar-refractivity contribution in [3.05, 3.63) is 42.2 Å². The van der Waals surface area contributed by atoms with Gasteiger partial charge in [0.15, 0.2) is 0 Å². The molecule has 3 aliphatic rings. The van der Waals surface area contributed by atoms with Crippen LogP contribution in [0.25, 0.3) is 0 Å². The van der Waals surface area contributed by atoms with Crippen LogP contribution in [-0.2, 0) is 11.3 Å². The van der Waals surface area contributed by atoms with Crippen LogP contribution >= 0.6 is 11.8 Å². The monoisotopic (exact) mass is 438 g/mol. The molecule has 5 nitrogen and oxygen atoms in total. The Kier molecular flexibility index (Phi) is 6.49. The van der Waals surface area contributed by atoms with Crippen molar-refractivity contribution >= 4 is 17.6 Å². The number of morpholine rings is 1. The smallest absolute Gasteiger partial charge is 0.147 e. The molecule has 0 radical (unpaired) electrons. The van der Waals surface area contributed by atoms with Gasteiger partial charge in [-0.1, -0.05) is 43.7 Å². The lowest BCUT2D eigenvalue weighted by Gasteiger charge is -2.42. The summed E-state index contributed by atoms with van der Waals surface area (Å²) < 4.78 is 5.46. The van der Waals surface area contributed by atoms with E-state index in [1.54, 1.807) is 11.8 Å². The fraction of sp³-hybridized carbons (Fsp3) is 0.600. The quantitative estimate of drug-likeness (QED) is 0.664. The molecule has 31 heavy (non-hydrogen) atoms. The van der Waals surface area contributed by atoms with Crippen LogP contribution in [0.1, 0.15) is 44.6 Å². The van der Waals surface area contributed by atoms with Crippen LogP contribution in [0, 0.1) is 11.3 Å². The maximum atomic E-state index is 5.46. The molecule has 1 aromatic carbocycles. The van der Waals surface area contributed by atoms with Crippen LogP contribution in [0.15, 0.2) is 46.6 Å². The third-order valence-corrected chi connectivity index (χ3v) is 8.60. The number of aromatic nitrogens is 2. The van der Waals surface area contributed by atoms with Gasteiger partial charge in [-0.05, 0) is 48.3 Å². The summed E-state index contributed by atoms with van der Waals surface area (Å²) in [6, 6.07) is 8.80. The third-order valence-electron chi connectivity index (χ3n) is 7.69. The topological polar surface area (TPSA) is 41.5 Å². The van der Waals surface area contributed by atoms with E-state index in [2.05, 4.69) is 41.0 Å². The average molecular weight is 439 g/mol. The van der Waals surface area contributed by atoms with Crippen LogP contribution in [0.2, 0.25) is 0 Å². The highest BCUT2D eigenvalue weighted by molar-refractivity contribution is 7.99. The molecule has 0 bridgehead atoms. The summed E-state index contributed by atoms with van der Waals surface area (Å²) in [5.41, 5.74) is 1.95.